The molecule has 3 aromatic carbocycles. The molecule has 2 aliphatic rings. The van der Waals surface area contributed by atoms with Gasteiger partial charge in [0.2, 0.25) is 0 Å². The van der Waals surface area contributed by atoms with Crippen LogP contribution in [-0.4, -0.2) is 44.7 Å². The van der Waals surface area contributed by atoms with Gasteiger partial charge in [-0.2, -0.15) is 0 Å². The zero-order valence-electron chi connectivity index (χ0n) is 20.7. The van der Waals surface area contributed by atoms with Crippen LogP contribution in [0.15, 0.2) is 72.8 Å². The molecule has 2 heterocycles. The number of ether oxygens (including phenoxy) is 1. The van der Waals surface area contributed by atoms with Crippen molar-refractivity contribution in [1.82, 2.24) is 4.90 Å². The highest BCUT2D eigenvalue weighted by molar-refractivity contribution is 5.85. The molecule has 0 amide bonds. The van der Waals surface area contributed by atoms with Gasteiger partial charge in [-0.25, -0.2) is 0 Å². The lowest BCUT2D eigenvalue weighted by Crippen LogP contribution is -2.46. The molecule has 0 aliphatic carbocycles. The first-order chi connectivity index (χ1) is 16.2. The van der Waals surface area contributed by atoms with E-state index < -0.39 is 0 Å². The van der Waals surface area contributed by atoms with Gasteiger partial charge in [0.05, 0.1) is 5.69 Å². The summed E-state index contributed by atoms with van der Waals surface area (Å²) in [5.41, 5.74) is 6.41. The lowest BCUT2D eigenvalue weighted by Gasteiger charge is -2.39. The van der Waals surface area contributed by atoms with Crippen LogP contribution in [-0.2, 0) is 13.0 Å². The van der Waals surface area contributed by atoms with Crippen LogP contribution in [0, 0.1) is 0 Å². The summed E-state index contributed by atoms with van der Waals surface area (Å²) in [5, 5.41) is 0. The van der Waals surface area contributed by atoms with Gasteiger partial charge in [0, 0.05) is 50.2 Å². The molecule has 0 saturated carbocycles. The molecule has 5 rings (SSSR count). The van der Waals surface area contributed by atoms with Gasteiger partial charge in [0.1, 0.15) is 12.4 Å². The fourth-order valence-electron chi connectivity index (χ4n) is 5.19. The monoisotopic (exact) mass is 513 g/mol. The summed E-state index contributed by atoms with van der Waals surface area (Å²) in [4.78, 5) is 7.39. The summed E-state index contributed by atoms with van der Waals surface area (Å²) in [6.07, 6.45) is 4.96. The van der Waals surface area contributed by atoms with Gasteiger partial charge in [-0.15, -0.1) is 24.8 Å². The summed E-state index contributed by atoms with van der Waals surface area (Å²) in [6, 6.07) is 26.8. The Morgan fingerprint density at radius 2 is 1.57 bits per heavy atom. The van der Waals surface area contributed by atoms with E-state index in [0.717, 1.165) is 25.3 Å². The molecular weight excluding hydrogens is 477 g/mol. The Labute approximate surface area is 222 Å². The summed E-state index contributed by atoms with van der Waals surface area (Å²) in [5.74, 6) is 0.983. The second kappa shape index (κ2) is 12.5. The standard InChI is InChI=1S/C29H35N3O.2ClH/c1-30(2)25-16-14-23(15-17-25)18-20-31-19-8-7-10-26(31)21-32-27-11-4-3-9-24(27)22-33-29-13-6-5-12-28(29)32;;/h3-6,9,11-17,26H,7-8,10,18-22H2,1-2H3;2*1H/t26-;;/m1../s1. The summed E-state index contributed by atoms with van der Waals surface area (Å²) in [6.45, 7) is 3.92. The number of rotatable bonds is 6. The molecule has 188 valence electrons. The van der Waals surface area contributed by atoms with Gasteiger partial charge in [-0.1, -0.05) is 48.9 Å². The molecule has 1 atom stereocenters. The average molecular weight is 515 g/mol. The highest BCUT2D eigenvalue weighted by Gasteiger charge is 2.28. The van der Waals surface area contributed by atoms with Crippen molar-refractivity contribution >= 4 is 41.9 Å². The Balaban J connectivity index is 0.00000171. The maximum absolute atomic E-state index is 6.19. The molecule has 0 N–H and O–H groups in total. The van der Waals surface area contributed by atoms with E-state index in [1.807, 2.05) is 0 Å². The number of fused-ring (bicyclic) bond motifs is 2. The van der Waals surface area contributed by atoms with E-state index in [2.05, 4.69) is 102 Å². The second-order valence-electron chi connectivity index (χ2n) is 9.49. The Morgan fingerprint density at radius 3 is 2.34 bits per heavy atom. The van der Waals surface area contributed by atoms with Gasteiger partial charge >= 0.3 is 0 Å². The highest BCUT2D eigenvalue weighted by atomic mass is 35.5. The fourth-order valence-corrected chi connectivity index (χ4v) is 5.19. The van der Waals surface area contributed by atoms with E-state index in [1.54, 1.807) is 0 Å². The van der Waals surface area contributed by atoms with Crippen molar-refractivity contribution in [2.45, 2.75) is 38.3 Å². The number of nitrogens with zero attached hydrogens (tertiary/aromatic N) is 3. The number of anilines is 3. The van der Waals surface area contributed by atoms with Crippen molar-refractivity contribution in [3.05, 3.63) is 83.9 Å². The molecule has 0 radical (unpaired) electrons. The number of likely N-dealkylation sites (tertiary alicyclic amines) is 1. The molecule has 1 fully saturated rings. The average Bonchev–Trinajstić information content (AvgIpc) is 3.01. The van der Waals surface area contributed by atoms with Crippen molar-refractivity contribution in [2.75, 3.05) is 43.5 Å². The lowest BCUT2D eigenvalue weighted by atomic mass is 9.99. The van der Waals surface area contributed by atoms with Gasteiger partial charge < -0.3 is 14.5 Å². The third-order valence-electron chi connectivity index (χ3n) is 7.10. The largest absolute Gasteiger partial charge is 0.487 e. The molecule has 0 unspecified atom stereocenters. The first kappa shape index (κ1) is 27.2. The quantitative estimate of drug-likeness (QED) is 0.363. The van der Waals surface area contributed by atoms with Gasteiger partial charge in [0.15, 0.2) is 0 Å². The Hall–Kier alpha value is -2.40. The van der Waals surface area contributed by atoms with Crippen LogP contribution in [0.2, 0.25) is 0 Å². The maximum Gasteiger partial charge on any atom is 0.143 e. The van der Waals surface area contributed by atoms with Crippen molar-refractivity contribution in [3.63, 3.8) is 0 Å². The van der Waals surface area contributed by atoms with Crippen LogP contribution in [0.4, 0.5) is 17.1 Å². The number of hydrogen-bond acceptors (Lipinski definition) is 4. The minimum Gasteiger partial charge on any atom is -0.487 e. The maximum atomic E-state index is 6.19. The minimum absolute atomic E-state index is 0. The zero-order chi connectivity index (χ0) is 22.6. The van der Waals surface area contributed by atoms with Gasteiger partial charge in [-0.3, -0.25) is 4.90 Å². The van der Waals surface area contributed by atoms with Crippen molar-refractivity contribution < 1.29 is 4.74 Å². The van der Waals surface area contributed by atoms with Crippen LogP contribution >= 0.6 is 24.8 Å². The minimum atomic E-state index is 0. The third-order valence-corrected chi connectivity index (χ3v) is 7.10. The molecule has 0 bridgehead atoms. The first-order valence-electron chi connectivity index (χ1n) is 12.3. The molecule has 3 aromatic rings. The van der Waals surface area contributed by atoms with Crippen LogP contribution in [0.25, 0.3) is 0 Å². The van der Waals surface area contributed by atoms with E-state index in [0.29, 0.717) is 12.6 Å². The van der Waals surface area contributed by atoms with Crippen molar-refractivity contribution in [2.24, 2.45) is 0 Å². The Morgan fingerprint density at radius 1 is 0.857 bits per heavy atom. The Bertz CT molecular complexity index is 1030. The van der Waals surface area contributed by atoms with Crippen molar-refractivity contribution in [1.29, 1.82) is 0 Å². The second-order valence-corrected chi connectivity index (χ2v) is 9.49. The smallest absolute Gasteiger partial charge is 0.143 e. The molecule has 6 heteroatoms. The number of hydrogen-bond donors (Lipinski definition) is 0. The predicted octanol–water partition coefficient (Wildman–Crippen LogP) is 6.72. The summed E-state index contributed by atoms with van der Waals surface area (Å²) < 4.78 is 6.19. The van der Waals surface area contributed by atoms with Crippen LogP contribution < -0.4 is 14.5 Å². The topological polar surface area (TPSA) is 19.0 Å². The van der Waals surface area contributed by atoms with Crippen LogP contribution in [0.1, 0.15) is 30.4 Å². The molecule has 35 heavy (non-hydrogen) atoms. The van der Waals surface area contributed by atoms with E-state index in [9.17, 15) is 0 Å². The normalized spacial score (nSPS) is 17.1. The molecule has 0 spiro atoms. The van der Waals surface area contributed by atoms with Gasteiger partial charge in [-0.05, 0) is 61.7 Å². The SMILES string of the molecule is CN(C)c1ccc(CCN2CCCC[C@@H]2CN2c3ccccc3COc3ccccc32)cc1.Cl.Cl. The van der Waals surface area contributed by atoms with Crippen LogP contribution in [0.3, 0.4) is 0 Å². The number of halogens is 2. The first-order valence-corrected chi connectivity index (χ1v) is 12.3. The molecule has 0 aromatic heterocycles. The number of piperidine rings is 1. The van der Waals surface area contributed by atoms with E-state index >= 15 is 0 Å². The van der Waals surface area contributed by atoms with E-state index in [-0.39, 0.29) is 24.8 Å². The summed E-state index contributed by atoms with van der Waals surface area (Å²) >= 11 is 0. The predicted molar refractivity (Wildman–Crippen MR) is 152 cm³/mol. The number of para-hydroxylation sites is 3. The Kier molecular flexibility index (Phi) is 9.73. The molecule has 2 aliphatic heterocycles. The van der Waals surface area contributed by atoms with Crippen molar-refractivity contribution in [3.8, 4) is 5.75 Å². The lowest BCUT2D eigenvalue weighted by molar-refractivity contribution is 0.154. The number of benzene rings is 3. The molecular formula is C29H37Cl2N3O. The highest BCUT2D eigenvalue weighted by Crippen LogP contribution is 2.40. The van der Waals surface area contributed by atoms with Crippen LogP contribution in [0.5, 0.6) is 5.75 Å². The molecule has 4 nitrogen and oxygen atoms in total. The van der Waals surface area contributed by atoms with E-state index in [1.165, 1.54) is 54.0 Å². The summed E-state index contributed by atoms with van der Waals surface area (Å²) in [7, 11) is 4.19. The van der Waals surface area contributed by atoms with E-state index in [4.69, 9.17) is 4.74 Å². The third kappa shape index (κ3) is 6.24. The molecule has 1 saturated heterocycles. The zero-order valence-corrected chi connectivity index (χ0v) is 22.4. The van der Waals surface area contributed by atoms with Gasteiger partial charge in [0.25, 0.3) is 0 Å². The fraction of sp³-hybridized carbons (Fsp3) is 0.379.